The second-order valence-corrected chi connectivity index (χ2v) is 7.79. The topological polar surface area (TPSA) is 128 Å². The molecule has 0 spiro atoms. The van der Waals surface area contributed by atoms with Crippen molar-refractivity contribution >= 4 is 35.1 Å². The fraction of sp³-hybridized carbons (Fsp3) is 0.238. The SMILES string of the molecule is COc1cc(C(=O)NNC(=O)NC(C)c2ccc(-c3cc(Cl)cc(Cl)c3OCC(F)F)cn2)on1. The van der Waals surface area contributed by atoms with Gasteiger partial charge in [-0.25, -0.2) is 19.0 Å². The zero-order valence-corrected chi connectivity index (χ0v) is 19.8. The van der Waals surface area contributed by atoms with Crippen LogP contribution in [0, 0.1) is 0 Å². The maximum Gasteiger partial charge on any atom is 0.334 e. The van der Waals surface area contributed by atoms with E-state index in [-0.39, 0.29) is 27.4 Å². The van der Waals surface area contributed by atoms with Crippen LogP contribution in [0.3, 0.4) is 0 Å². The lowest BCUT2D eigenvalue weighted by molar-refractivity contribution is 0.0822. The number of hydrogen-bond acceptors (Lipinski definition) is 7. The van der Waals surface area contributed by atoms with Crippen molar-refractivity contribution in [1.82, 2.24) is 26.3 Å². The number of aromatic nitrogens is 2. The molecule has 3 N–H and O–H groups in total. The minimum absolute atomic E-state index is 0.0524. The molecule has 3 aromatic rings. The average molecular weight is 530 g/mol. The summed E-state index contributed by atoms with van der Waals surface area (Å²) in [6, 6.07) is 6.14. The molecule has 10 nitrogen and oxygen atoms in total. The van der Waals surface area contributed by atoms with E-state index in [1.54, 1.807) is 19.1 Å². The number of carbonyl (C=O) groups excluding carboxylic acids is 2. The number of urea groups is 1. The van der Waals surface area contributed by atoms with Gasteiger partial charge in [0.25, 0.3) is 12.3 Å². The Labute approximate surface area is 207 Å². The molecule has 3 rings (SSSR count). The van der Waals surface area contributed by atoms with Gasteiger partial charge in [-0.15, -0.1) is 0 Å². The average Bonchev–Trinajstić information content (AvgIpc) is 3.31. The lowest BCUT2D eigenvalue weighted by atomic mass is 10.1. The minimum atomic E-state index is -2.68. The number of alkyl halides is 2. The predicted octanol–water partition coefficient (Wildman–Crippen LogP) is 4.40. The molecule has 0 aliphatic heterocycles. The third-order valence-electron chi connectivity index (χ3n) is 4.46. The summed E-state index contributed by atoms with van der Waals surface area (Å²) in [5.74, 6) is -0.742. The number of halogens is 4. The smallest absolute Gasteiger partial charge is 0.334 e. The zero-order valence-electron chi connectivity index (χ0n) is 18.3. The first-order valence-corrected chi connectivity index (χ1v) is 10.7. The van der Waals surface area contributed by atoms with E-state index < -0.39 is 31.0 Å². The predicted molar refractivity (Wildman–Crippen MR) is 122 cm³/mol. The van der Waals surface area contributed by atoms with Crippen LogP contribution in [0.2, 0.25) is 10.0 Å². The molecule has 1 atom stereocenters. The van der Waals surface area contributed by atoms with E-state index in [9.17, 15) is 18.4 Å². The second-order valence-electron chi connectivity index (χ2n) is 6.95. The van der Waals surface area contributed by atoms with Gasteiger partial charge in [0.2, 0.25) is 5.76 Å². The first kappa shape index (κ1) is 26.0. The van der Waals surface area contributed by atoms with Crippen molar-refractivity contribution in [2.75, 3.05) is 13.7 Å². The van der Waals surface area contributed by atoms with Gasteiger partial charge in [0, 0.05) is 22.3 Å². The molecule has 186 valence electrons. The Morgan fingerprint density at radius 2 is 1.94 bits per heavy atom. The number of nitrogens with zero attached hydrogens (tertiary/aromatic N) is 2. The van der Waals surface area contributed by atoms with E-state index in [0.717, 1.165) is 0 Å². The Morgan fingerprint density at radius 3 is 2.57 bits per heavy atom. The largest absolute Gasteiger partial charge is 0.485 e. The van der Waals surface area contributed by atoms with Gasteiger partial charge in [0.15, 0.2) is 0 Å². The molecule has 0 bridgehead atoms. The summed E-state index contributed by atoms with van der Waals surface area (Å²) in [5.41, 5.74) is 5.69. The fourth-order valence-corrected chi connectivity index (χ4v) is 3.38. The quantitative estimate of drug-likeness (QED) is 0.369. The molecule has 1 unspecified atom stereocenters. The third kappa shape index (κ3) is 6.93. The van der Waals surface area contributed by atoms with Crippen LogP contribution in [0.1, 0.15) is 29.2 Å². The number of amides is 3. The van der Waals surface area contributed by atoms with Gasteiger partial charge in [-0.3, -0.25) is 15.2 Å². The van der Waals surface area contributed by atoms with Gasteiger partial charge < -0.3 is 19.3 Å². The summed E-state index contributed by atoms with van der Waals surface area (Å²) >= 11 is 12.2. The van der Waals surface area contributed by atoms with Gasteiger partial charge in [-0.05, 0) is 30.3 Å². The van der Waals surface area contributed by atoms with E-state index in [1.807, 2.05) is 0 Å². The molecular weight excluding hydrogens is 511 g/mol. The summed E-state index contributed by atoms with van der Waals surface area (Å²) in [6.07, 6.45) is -1.22. The Kier molecular flexibility index (Phi) is 8.66. The van der Waals surface area contributed by atoms with Crippen molar-refractivity contribution in [2.45, 2.75) is 19.4 Å². The summed E-state index contributed by atoms with van der Waals surface area (Å²) in [6.45, 7) is 0.828. The number of rotatable bonds is 8. The van der Waals surface area contributed by atoms with Gasteiger partial charge in [0.05, 0.1) is 29.9 Å². The van der Waals surface area contributed by atoms with Crippen LogP contribution in [0.5, 0.6) is 11.6 Å². The second kappa shape index (κ2) is 11.7. The van der Waals surface area contributed by atoms with Crippen LogP contribution in [-0.4, -0.2) is 42.2 Å². The normalized spacial score (nSPS) is 11.6. The molecule has 0 fully saturated rings. The van der Waals surface area contributed by atoms with Crippen molar-refractivity contribution in [3.63, 3.8) is 0 Å². The van der Waals surface area contributed by atoms with Gasteiger partial charge >= 0.3 is 11.9 Å². The van der Waals surface area contributed by atoms with E-state index in [0.29, 0.717) is 16.8 Å². The molecule has 3 amide bonds. The van der Waals surface area contributed by atoms with Gasteiger partial charge in [-0.2, -0.15) is 0 Å². The molecule has 0 aliphatic rings. The number of nitrogens with one attached hydrogen (secondary N) is 3. The fourth-order valence-electron chi connectivity index (χ4n) is 2.83. The van der Waals surface area contributed by atoms with Crippen LogP contribution in [0.4, 0.5) is 13.6 Å². The minimum Gasteiger partial charge on any atom is -0.485 e. The van der Waals surface area contributed by atoms with Crippen molar-refractivity contribution in [3.8, 4) is 22.8 Å². The van der Waals surface area contributed by atoms with Crippen LogP contribution >= 0.6 is 23.2 Å². The van der Waals surface area contributed by atoms with E-state index in [2.05, 4.69) is 26.3 Å². The summed E-state index contributed by atoms with van der Waals surface area (Å²) in [4.78, 5) is 28.4. The Bertz CT molecular complexity index is 1190. The maximum atomic E-state index is 12.6. The zero-order chi connectivity index (χ0) is 25.5. The summed E-state index contributed by atoms with van der Waals surface area (Å²) in [7, 11) is 1.36. The lowest BCUT2D eigenvalue weighted by Crippen LogP contribution is -2.47. The van der Waals surface area contributed by atoms with Crippen molar-refractivity contribution < 1.29 is 32.4 Å². The molecule has 2 heterocycles. The third-order valence-corrected chi connectivity index (χ3v) is 4.96. The van der Waals surface area contributed by atoms with Crippen LogP contribution in [0.25, 0.3) is 11.1 Å². The molecule has 1 aromatic carbocycles. The first-order valence-electron chi connectivity index (χ1n) is 9.91. The molecule has 0 aliphatic carbocycles. The molecule has 0 radical (unpaired) electrons. The van der Waals surface area contributed by atoms with Crippen molar-refractivity contribution in [3.05, 3.63) is 58.0 Å². The standard InChI is InChI=1S/C21H19Cl2F2N5O5/c1-10(27-21(32)29-28-20(31)16-7-18(33-2)30-35-16)15-4-3-11(8-26-15)13-5-12(22)6-14(23)19(13)34-9-17(24)25/h3-8,10,17H,9H2,1-2H3,(H,28,31)(H2,27,29,32). The number of hydrazine groups is 1. The first-order chi connectivity index (χ1) is 16.7. The van der Waals surface area contributed by atoms with Crippen LogP contribution in [-0.2, 0) is 0 Å². The van der Waals surface area contributed by atoms with Gasteiger partial charge in [-0.1, -0.05) is 29.3 Å². The highest BCUT2D eigenvalue weighted by Crippen LogP contribution is 2.39. The highest BCUT2D eigenvalue weighted by Gasteiger charge is 2.18. The summed E-state index contributed by atoms with van der Waals surface area (Å²) < 4.78 is 40.0. The van der Waals surface area contributed by atoms with Crippen LogP contribution < -0.4 is 25.6 Å². The van der Waals surface area contributed by atoms with Crippen molar-refractivity contribution in [1.29, 1.82) is 0 Å². The summed E-state index contributed by atoms with van der Waals surface area (Å²) in [5, 5.41) is 6.44. The highest BCUT2D eigenvalue weighted by molar-refractivity contribution is 6.36. The maximum absolute atomic E-state index is 12.6. The van der Waals surface area contributed by atoms with Crippen LogP contribution in [0.15, 0.2) is 41.1 Å². The van der Waals surface area contributed by atoms with Crippen molar-refractivity contribution in [2.24, 2.45) is 0 Å². The number of ether oxygens (including phenoxy) is 2. The molecule has 35 heavy (non-hydrogen) atoms. The number of pyridine rings is 1. The number of carbonyl (C=O) groups is 2. The molecular formula is C21H19Cl2F2N5O5. The Balaban J connectivity index is 1.63. The van der Waals surface area contributed by atoms with Gasteiger partial charge in [0.1, 0.15) is 12.4 Å². The number of benzene rings is 1. The highest BCUT2D eigenvalue weighted by atomic mass is 35.5. The Morgan fingerprint density at radius 1 is 1.17 bits per heavy atom. The van der Waals surface area contributed by atoms with E-state index in [1.165, 1.54) is 31.5 Å². The lowest BCUT2D eigenvalue weighted by Gasteiger charge is -2.16. The molecule has 2 aromatic heterocycles. The molecule has 0 saturated carbocycles. The van der Waals surface area contributed by atoms with E-state index >= 15 is 0 Å². The molecule has 14 heteroatoms. The van der Waals surface area contributed by atoms with E-state index in [4.69, 9.17) is 37.2 Å². The number of methoxy groups -OCH3 is 1. The molecule has 0 saturated heterocycles. The monoisotopic (exact) mass is 529 g/mol. The number of hydrogen-bond donors (Lipinski definition) is 3. The Hall–Kier alpha value is -3.64.